The number of aliphatic hydroxyl groups excluding tert-OH is 1. The lowest BCUT2D eigenvalue weighted by molar-refractivity contribution is 0.0922. The minimum Gasteiger partial charge on any atom is -0.394 e. The zero-order valence-electron chi connectivity index (χ0n) is 12.3. The molecular formula is C15H17Cl2N3O2. The number of hydrogen-bond acceptors (Lipinski definition) is 3. The molecule has 0 saturated carbocycles. The van der Waals surface area contributed by atoms with E-state index < -0.39 is 0 Å². The molecule has 0 aliphatic carbocycles. The van der Waals surface area contributed by atoms with Crippen LogP contribution >= 0.6 is 23.2 Å². The number of halogens is 2. The van der Waals surface area contributed by atoms with Gasteiger partial charge in [-0.15, -0.1) is 0 Å². The number of aliphatic hydroxyl groups is 1. The highest BCUT2D eigenvalue weighted by Gasteiger charge is 2.21. The topological polar surface area (TPSA) is 67.2 Å². The summed E-state index contributed by atoms with van der Waals surface area (Å²) < 4.78 is 1.54. The zero-order valence-corrected chi connectivity index (χ0v) is 13.8. The van der Waals surface area contributed by atoms with E-state index in [4.69, 9.17) is 28.3 Å². The highest BCUT2D eigenvalue weighted by Crippen LogP contribution is 2.23. The number of hydrogen-bond donors (Lipinski definition) is 2. The van der Waals surface area contributed by atoms with Crippen LogP contribution in [0.4, 0.5) is 0 Å². The summed E-state index contributed by atoms with van der Waals surface area (Å²) in [4.78, 5) is 12.2. The highest BCUT2D eigenvalue weighted by molar-refractivity contribution is 6.33. The number of carbonyl (C=O) groups is 1. The van der Waals surface area contributed by atoms with Crippen LogP contribution in [0.25, 0.3) is 0 Å². The molecule has 2 aromatic rings. The van der Waals surface area contributed by atoms with Crippen molar-refractivity contribution in [3.8, 4) is 0 Å². The van der Waals surface area contributed by atoms with E-state index in [1.54, 1.807) is 19.9 Å². The fourth-order valence-corrected chi connectivity index (χ4v) is 2.56. The molecule has 1 unspecified atom stereocenters. The van der Waals surface area contributed by atoms with Gasteiger partial charge >= 0.3 is 0 Å². The monoisotopic (exact) mass is 341 g/mol. The van der Waals surface area contributed by atoms with Crippen molar-refractivity contribution in [2.24, 2.45) is 0 Å². The molecule has 7 heteroatoms. The molecule has 0 aliphatic rings. The van der Waals surface area contributed by atoms with Crippen molar-refractivity contribution in [1.29, 1.82) is 0 Å². The standard InChI is InChI=1S/C15H17Cl2N3O2/c1-9(8-21)18-15(22)13-10(2)19-20(14(13)17)7-11-5-3-4-6-12(11)16/h3-6,9,21H,7-8H2,1-2H3,(H,18,22). The molecule has 22 heavy (non-hydrogen) atoms. The lowest BCUT2D eigenvalue weighted by Gasteiger charge is -2.10. The average molecular weight is 342 g/mol. The second-order valence-electron chi connectivity index (χ2n) is 5.06. The van der Waals surface area contributed by atoms with Crippen molar-refractivity contribution < 1.29 is 9.90 Å². The van der Waals surface area contributed by atoms with Crippen LogP contribution in [-0.4, -0.2) is 33.4 Å². The maximum absolute atomic E-state index is 12.2. The van der Waals surface area contributed by atoms with Crippen LogP contribution in [0.15, 0.2) is 24.3 Å². The van der Waals surface area contributed by atoms with Crippen LogP contribution in [-0.2, 0) is 6.54 Å². The van der Waals surface area contributed by atoms with Crippen LogP contribution in [0.2, 0.25) is 10.2 Å². The van der Waals surface area contributed by atoms with Crippen molar-refractivity contribution in [2.75, 3.05) is 6.61 Å². The first-order chi connectivity index (χ1) is 10.4. The summed E-state index contributed by atoms with van der Waals surface area (Å²) in [6.07, 6.45) is 0. The van der Waals surface area contributed by atoms with Gasteiger partial charge < -0.3 is 10.4 Å². The number of aromatic nitrogens is 2. The summed E-state index contributed by atoms with van der Waals surface area (Å²) in [5.41, 5.74) is 1.71. The molecule has 0 saturated heterocycles. The van der Waals surface area contributed by atoms with Crippen molar-refractivity contribution in [3.05, 3.63) is 51.3 Å². The van der Waals surface area contributed by atoms with Gasteiger partial charge in [-0.3, -0.25) is 4.79 Å². The molecule has 5 nitrogen and oxygen atoms in total. The van der Waals surface area contributed by atoms with Gasteiger partial charge in [0.25, 0.3) is 5.91 Å². The minimum atomic E-state index is -0.352. The van der Waals surface area contributed by atoms with Crippen LogP contribution in [0.5, 0.6) is 0 Å². The summed E-state index contributed by atoms with van der Waals surface area (Å²) in [5.74, 6) is -0.352. The molecule has 1 amide bonds. The zero-order chi connectivity index (χ0) is 16.3. The lowest BCUT2D eigenvalue weighted by Crippen LogP contribution is -2.35. The summed E-state index contributed by atoms with van der Waals surface area (Å²) in [7, 11) is 0. The van der Waals surface area contributed by atoms with Crippen molar-refractivity contribution in [3.63, 3.8) is 0 Å². The van der Waals surface area contributed by atoms with E-state index in [9.17, 15) is 4.79 Å². The fraction of sp³-hybridized carbons (Fsp3) is 0.333. The average Bonchev–Trinajstić information content (AvgIpc) is 2.75. The molecule has 0 aliphatic heterocycles. The Hall–Kier alpha value is -1.56. The fourth-order valence-electron chi connectivity index (χ4n) is 2.05. The number of nitrogens with zero attached hydrogens (tertiary/aromatic N) is 2. The molecule has 1 atom stereocenters. The minimum absolute atomic E-state index is 0.143. The lowest BCUT2D eigenvalue weighted by atomic mass is 10.2. The second kappa shape index (κ2) is 7.13. The third kappa shape index (κ3) is 3.61. The third-order valence-corrected chi connectivity index (χ3v) is 3.97. The predicted octanol–water partition coefficient (Wildman–Crippen LogP) is 2.66. The molecule has 2 N–H and O–H groups in total. The molecule has 1 aromatic heterocycles. The van der Waals surface area contributed by atoms with Gasteiger partial charge in [0, 0.05) is 11.1 Å². The Morgan fingerprint density at radius 3 is 2.73 bits per heavy atom. The van der Waals surface area contributed by atoms with Crippen molar-refractivity contribution in [2.45, 2.75) is 26.4 Å². The molecule has 2 rings (SSSR count). The predicted molar refractivity (Wildman–Crippen MR) is 86.5 cm³/mol. The van der Waals surface area contributed by atoms with Crippen LogP contribution in [0.3, 0.4) is 0 Å². The van der Waals surface area contributed by atoms with Crippen LogP contribution in [0, 0.1) is 6.92 Å². The molecule has 0 fully saturated rings. The van der Waals surface area contributed by atoms with E-state index in [1.165, 1.54) is 4.68 Å². The maximum Gasteiger partial charge on any atom is 0.256 e. The molecular weight excluding hydrogens is 325 g/mol. The van der Waals surface area contributed by atoms with Crippen molar-refractivity contribution >= 4 is 29.1 Å². The molecule has 1 aromatic carbocycles. The second-order valence-corrected chi connectivity index (χ2v) is 5.82. The van der Waals surface area contributed by atoms with Crippen molar-refractivity contribution in [1.82, 2.24) is 15.1 Å². The summed E-state index contributed by atoms with van der Waals surface area (Å²) in [6.45, 7) is 3.65. The van der Waals surface area contributed by atoms with Gasteiger partial charge in [0.2, 0.25) is 0 Å². The van der Waals surface area contributed by atoms with Gasteiger partial charge in [-0.1, -0.05) is 41.4 Å². The summed E-state index contributed by atoms with van der Waals surface area (Å²) >= 11 is 12.4. The number of aryl methyl sites for hydroxylation is 1. The summed E-state index contributed by atoms with van der Waals surface area (Å²) in [6, 6.07) is 7.04. The Bertz CT molecular complexity index is 685. The molecule has 1 heterocycles. The first-order valence-corrected chi connectivity index (χ1v) is 7.57. The number of carbonyl (C=O) groups excluding carboxylic acids is 1. The third-order valence-electron chi connectivity index (χ3n) is 3.22. The smallest absolute Gasteiger partial charge is 0.256 e. The van der Waals surface area contributed by atoms with Crippen LogP contribution < -0.4 is 5.32 Å². The normalized spacial score (nSPS) is 12.2. The Morgan fingerprint density at radius 1 is 1.41 bits per heavy atom. The number of rotatable bonds is 5. The van der Waals surface area contributed by atoms with Crippen LogP contribution in [0.1, 0.15) is 28.5 Å². The SMILES string of the molecule is Cc1nn(Cc2ccccc2Cl)c(Cl)c1C(=O)NC(C)CO. The Kier molecular flexibility index (Phi) is 5.45. The maximum atomic E-state index is 12.2. The largest absolute Gasteiger partial charge is 0.394 e. The van der Waals surface area contributed by atoms with E-state index in [1.807, 2.05) is 18.2 Å². The Morgan fingerprint density at radius 2 is 2.09 bits per heavy atom. The van der Waals surface area contributed by atoms with E-state index in [0.717, 1.165) is 5.56 Å². The summed E-state index contributed by atoms with van der Waals surface area (Å²) in [5, 5.41) is 16.9. The highest BCUT2D eigenvalue weighted by atomic mass is 35.5. The molecule has 0 spiro atoms. The number of nitrogens with one attached hydrogen (secondary N) is 1. The number of benzene rings is 1. The van der Waals surface area contributed by atoms with E-state index in [2.05, 4.69) is 10.4 Å². The quantitative estimate of drug-likeness (QED) is 0.878. The Balaban J connectivity index is 2.27. The van der Waals surface area contributed by atoms with Gasteiger partial charge in [-0.25, -0.2) is 4.68 Å². The van der Waals surface area contributed by atoms with Gasteiger partial charge in [-0.2, -0.15) is 5.10 Å². The van der Waals surface area contributed by atoms with E-state index in [0.29, 0.717) is 22.8 Å². The van der Waals surface area contributed by atoms with E-state index >= 15 is 0 Å². The van der Waals surface area contributed by atoms with Gasteiger partial charge in [0.15, 0.2) is 0 Å². The molecule has 0 radical (unpaired) electrons. The van der Waals surface area contributed by atoms with Gasteiger partial charge in [0.1, 0.15) is 5.15 Å². The first-order valence-electron chi connectivity index (χ1n) is 6.82. The Labute approximate surface area is 138 Å². The molecule has 118 valence electrons. The molecule has 0 bridgehead atoms. The van der Waals surface area contributed by atoms with Gasteiger partial charge in [0.05, 0.1) is 24.4 Å². The van der Waals surface area contributed by atoms with Gasteiger partial charge in [-0.05, 0) is 25.5 Å². The van der Waals surface area contributed by atoms with E-state index in [-0.39, 0.29) is 23.7 Å². The first kappa shape index (κ1) is 16.8. The number of amides is 1.